The third-order valence-corrected chi connectivity index (χ3v) is 18.6. The number of carbonyl (C=O) groups excluding carboxylic acids is 8. The van der Waals surface area contributed by atoms with Crippen LogP contribution in [0.2, 0.25) is 0 Å². The van der Waals surface area contributed by atoms with Gasteiger partial charge in [-0.05, 0) is 37.5 Å². The van der Waals surface area contributed by atoms with Gasteiger partial charge in [0, 0.05) is 58.2 Å². The number of halogens is 1. The first-order chi connectivity index (χ1) is 41.2. The summed E-state index contributed by atoms with van der Waals surface area (Å²) in [5, 5.41) is 8.30. The van der Waals surface area contributed by atoms with Gasteiger partial charge in [-0.3, -0.25) is 38.4 Å². The zero-order valence-electron chi connectivity index (χ0n) is 54.4. The maximum absolute atomic E-state index is 12.0. The fraction of sp³-hybridized carbons (Fsp3) is 0.881. The molecule has 0 aromatic heterocycles. The molecule has 0 radical (unpaired) electrons. The Labute approximate surface area is 536 Å². The number of likely N-dealkylation sites (tertiary alicyclic amines) is 2. The van der Waals surface area contributed by atoms with Gasteiger partial charge >= 0.3 is 0 Å². The summed E-state index contributed by atoms with van der Waals surface area (Å²) in [4.78, 5) is 93.5. The van der Waals surface area contributed by atoms with Gasteiger partial charge in [-0.25, -0.2) is 0 Å². The third kappa shape index (κ3) is 47.8. The number of amides is 7. The fourth-order valence-corrected chi connectivity index (χ4v) is 12.6. The molecule has 7 N–H and O–H groups in total. The van der Waals surface area contributed by atoms with Gasteiger partial charge < -0.3 is 37.2 Å². The minimum Gasteiger partial charge on any atom is -0.368 e. The minimum absolute atomic E-state index is 0.0255. The van der Waals surface area contributed by atoms with Crippen LogP contribution in [0.15, 0.2) is 0 Å². The van der Waals surface area contributed by atoms with Crippen molar-refractivity contribution in [2.75, 3.05) is 55.8 Å². The van der Waals surface area contributed by atoms with Crippen molar-refractivity contribution in [3.63, 3.8) is 0 Å². The number of rotatable bonds is 19. The molecule has 0 spiro atoms. The normalized spacial score (nSPS) is 20.5. The highest BCUT2D eigenvalue weighted by molar-refractivity contribution is 9.09. The number of carbonyl (C=O) groups is 8. The minimum atomic E-state index is -0.543. The largest absolute Gasteiger partial charge is 0.368 e. The maximum atomic E-state index is 12.0. The van der Waals surface area contributed by atoms with Crippen LogP contribution in [0.5, 0.6) is 0 Å². The second-order valence-corrected chi connectivity index (χ2v) is 26.1. The van der Waals surface area contributed by atoms with Crippen molar-refractivity contribution >= 4 is 87.5 Å². The molecule has 7 amide bonds. The summed E-state index contributed by atoms with van der Waals surface area (Å²) in [6.45, 7) is 7.56. The van der Waals surface area contributed by atoms with E-state index in [9.17, 15) is 38.4 Å². The summed E-state index contributed by atoms with van der Waals surface area (Å²) < 4.78 is 0. The summed E-state index contributed by atoms with van der Waals surface area (Å²) in [5.74, 6) is 0.0358. The van der Waals surface area contributed by atoms with E-state index in [1.165, 1.54) is 243 Å². The Bertz CT molecular complexity index is 1540. The van der Waals surface area contributed by atoms with Gasteiger partial charge in [0.25, 0.3) is 0 Å². The van der Waals surface area contributed by atoms with Crippen molar-refractivity contribution in [2.24, 2.45) is 23.3 Å². The van der Waals surface area contributed by atoms with E-state index in [-0.39, 0.29) is 64.0 Å². The average Bonchev–Trinajstić information content (AvgIpc) is 4.29. The molecular formula is C67H126BrN7O8S2. The SMILES string of the molecule is C1CCCCCCCCCCCCCCCCC1.C1CCCCCCCCCCCCCCCCC1.CCC(=O)CS.CC[C@@H](C(N)=O)N1CC(CCNC(=O)CBr)CC1=O.CC[C@@H](C(N)=O)N1CC(CCNC(=O)CSCC(=O)NC)CC1=O. The summed E-state index contributed by atoms with van der Waals surface area (Å²) >= 11 is 8.06. The number of alkyl halides is 1. The van der Waals surface area contributed by atoms with E-state index in [0.717, 1.165) is 6.42 Å². The molecule has 2 aliphatic carbocycles. The Hall–Kier alpha value is -2.86. The molecule has 496 valence electrons. The lowest BCUT2D eigenvalue weighted by Gasteiger charge is -2.24. The first-order valence-electron chi connectivity index (χ1n) is 34.4. The molecule has 2 heterocycles. The Balaban J connectivity index is 0.00000108. The molecule has 85 heavy (non-hydrogen) atoms. The highest BCUT2D eigenvalue weighted by Crippen LogP contribution is 2.26. The van der Waals surface area contributed by atoms with Gasteiger partial charge in [0.2, 0.25) is 41.4 Å². The van der Waals surface area contributed by atoms with Crippen LogP contribution in [-0.2, 0) is 38.4 Å². The molecule has 2 saturated carbocycles. The molecule has 0 aromatic rings. The zero-order valence-corrected chi connectivity index (χ0v) is 57.7. The van der Waals surface area contributed by atoms with Crippen LogP contribution >= 0.6 is 40.3 Å². The first-order valence-corrected chi connectivity index (χ1v) is 37.3. The van der Waals surface area contributed by atoms with Crippen LogP contribution in [0.4, 0.5) is 0 Å². The number of Topliss-reactive ketones (excluding diaryl/α,β-unsaturated/α-hetero) is 1. The summed E-state index contributed by atoms with van der Waals surface area (Å²) in [7, 11) is 1.55. The lowest BCUT2D eigenvalue weighted by atomic mass is 10.0. The van der Waals surface area contributed by atoms with Gasteiger partial charge in [0.1, 0.15) is 17.9 Å². The lowest BCUT2D eigenvalue weighted by molar-refractivity contribution is -0.136. The number of hydrogen-bond donors (Lipinski definition) is 6. The molecule has 0 aromatic carbocycles. The predicted molar refractivity (Wildman–Crippen MR) is 362 cm³/mol. The van der Waals surface area contributed by atoms with Crippen molar-refractivity contribution in [2.45, 2.75) is 309 Å². The van der Waals surface area contributed by atoms with E-state index in [0.29, 0.717) is 70.5 Å². The number of nitrogens with two attached hydrogens (primary N) is 2. The third-order valence-electron chi connectivity index (χ3n) is 16.8. The van der Waals surface area contributed by atoms with Crippen molar-refractivity contribution in [1.82, 2.24) is 25.8 Å². The lowest BCUT2D eigenvalue weighted by Crippen LogP contribution is -2.45. The topological polar surface area (TPSA) is 231 Å². The maximum Gasteiger partial charge on any atom is 0.240 e. The number of ketones is 1. The molecule has 18 heteroatoms. The average molecular weight is 1300 g/mol. The summed E-state index contributed by atoms with van der Waals surface area (Å²) in [5.41, 5.74) is 10.6. The Morgan fingerprint density at radius 3 is 0.941 bits per heavy atom. The van der Waals surface area contributed by atoms with E-state index < -0.39 is 23.9 Å². The quantitative estimate of drug-likeness (QED) is 0.0533. The molecule has 4 rings (SSSR count). The van der Waals surface area contributed by atoms with Crippen LogP contribution < -0.4 is 27.4 Å². The fourth-order valence-electron chi connectivity index (χ4n) is 11.5. The first kappa shape index (κ1) is 82.1. The Morgan fingerprint density at radius 1 is 0.482 bits per heavy atom. The molecular weight excluding hydrogens is 1170 g/mol. The highest BCUT2D eigenvalue weighted by atomic mass is 79.9. The zero-order chi connectivity index (χ0) is 63.0. The molecule has 15 nitrogen and oxygen atoms in total. The number of primary amides is 2. The summed E-state index contributed by atoms with van der Waals surface area (Å²) in [6, 6.07) is -1.05. The van der Waals surface area contributed by atoms with E-state index in [4.69, 9.17) is 11.5 Å². The molecule has 2 unspecified atom stereocenters. The molecule has 2 aliphatic heterocycles. The smallest absolute Gasteiger partial charge is 0.240 e. The molecule has 4 atom stereocenters. The predicted octanol–water partition coefficient (Wildman–Crippen LogP) is 14.0. The van der Waals surface area contributed by atoms with Crippen molar-refractivity contribution in [1.29, 1.82) is 0 Å². The van der Waals surface area contributed by atoms with E-state index >= 15 is 0 Å². The standard InChI is InChI=1S/2C18H36.C15H26N4O4S.C12H20BrN3O3.C4H8OS/c2*1-2-4-6-8-10-12-14-16-18-17-15-13-11-9-7-5-3-1;1-3-11(15(16)23)19-7-10(6-14(19)22)4-5-18-13(21)9-24-8-12(20)17-2;1-2-9(12(14)19)16-7-8(5-11(16)18)3-4-15-10(17)6-13;1-2-4(5)3-6/h2*1-18H2;10-11H,3-9H2,1-2H3,(H2,16,23)(H,17,20)(H,18,21);8-9H,2-7H2,1H3,(H2,14,19)(H,15,17);6H,2-3H2,1H3/t;;10?,11-;8?,9-;/m..00./s1. The number of nitrogens with zero attached hydrogens (tertiary/aromatic N) is 2. The molecule has 2 saturated heterocycles. The molecule has 0 bridgehead atoms. The van der Waals surface area contributed by atoms with Gasteiger partial charge in [0.15, 0.2) is 0 Å². The molecule has 4 aliphatic rings. The van der Waals surface area contributed by atoms with Crippen LogP contribution in [0.25, 0.3) is 0 Å². The van der Waals surface area contributed by atoms with E-state index in [1.54, 1.807) is 16.8 Å². The van der Waals surface area contributed by atoms with Crippen molar-refractivity contribution in [3.8, 4) is 0 Å². The number of nitrogens with one attached hydrogen (secondary N) is 3. The van der Waals surface area contributed by atoms with Crippen LogP contribution in [0.1, 0.15) is 297 Å². The monoisotopic (exact) mass is 1300 g/mol. The van der Waals surface area contributed by atoms with Crippen molar-refractivity contribution in [3.05, 3.63) is 0 Å². The number of hydrogen-bond acceptors (Lipinski definition) is 10. The van der Waals surface area contributed by atoms with E-state index in [2.05, 4.69) is 44.5 Å². The van der Waals surface area contributed by atoms with Gasteiger partial charge in [-0.1, -0.05) is 268 Å². The van der Waals surface area contributed by atoms with Crippen LogP contribution in [0, 0.1) is 11.8 Å². The van der Waals surface area contributed by atoms with Gasteiger partial charge in [-0.15, -0.1) is 11.8 Å². The summed E-state index contributed by atoms with van der Waals surface area (Å²) in [6.07, 6.45) is 57.9. The van der Waals surface area contributed by atoms with Crippen molar-refractivity contribution < 1.29 is 38.4 Å². The van der Waals surface area contributed by atoms with Gasteiger partial charge in [-0.2, -0.15) is 12.6 Å². The molecule has 4 fully saturated rings. The number of thioether (sulfide) groups is 1. The van der Waals surface area contributed by atoms with Gasteiger partial charge in [0.05, 0.1) is 16.8 Å². The van der Waals surface area contributed by atoms with E-state index in [1.807, 2.05) is 20.8 Å². The number of thiol groups is 1. The second-order valence-electron chi connectivity index (χ2n) is 24.2. The highest BCUT2D eigenvalue weighted by Gasteiger charge is 2.37. The Kier molecular flexibility index (Phi) is 56.8. The van der Waals surface area contributed by atoms with Crippen LogP contribution in [0.3, 0.4) is 0 Å². The Morgan fingerprint density at radius 2 is 0.741 bits per heavy atom. The second kappa shape index (κ2) is 58.8. The van der Waals surface area contributed by atoms with Crippen LogP contribution in [-0.4, -0.2) is 125 Å².